The van der Waals surface area contributed by atoms with Crippen molar-refractivity contribution in [1.29, 1.82) is 0 Å². The molecule has 0 aliphatic carbocycles. The van der Waals surface area contributed by atoms with Crippen LogP contribution in [0.1, 0.15) is 12.5 Å². The van der Waals surface area contributed by atoms with Gasteiger partial charge < -0.3 is 15.0 Å². The van der Waals surface area contributed by atoms with E-state index in [1.165, 1.54) is 6.33 Å². The van der Waals surface area contributed by atoms with Gasteiger partial charge in [-0.3, -0.25) is 4.79 Å². The summed E-state index contributed by atoms with van der Waals surface area (Å²) in [6.45, 7) is 6.43. The maximum Gasteiger partial charge on any atom is 0.244 e. The largest absolute Gasteiger partial charge is 0.378 e. The molecule has 2 aromatic rings. The zero-order valence-electron chi connectivity index (χ0n) is 12.1. The van der Waals surface area contributed by atoms with Gasteiger partial charge >= 0.3 is 0 Å². The number of thiophene rings is 1. The normalized spacial score (nSPS) is 17.0. The van der Waals surface area contributed by atoms with Crippen LogP contribution in [-0.4, -0.2) is 53.1 Å². The van der Waals surface area contributed by atoms with Gasteiger partial charge in [-0.15, -0.1) is 11.3 Å². The molecule has 0 saturated carbocycles. The Morgan fingerprint density at radius 2 is 2.19 bits per heavy atom. The average Bonchev–Trinajstić information content (AvgIpc) is 2.90. The monoisotopic (exact) mass is 306 g/mol. The van der Waals surface area contributed by atoms with Gasteiger partial charge in [-0.25, -0.2) is 9.97 Å². The molecule has 3 heterocycles. The third kappa shape index (κ3) is 2.84. The molecule has 3 rings (SSSR count). The first-order chi connectivity index (χ1) is 10.2. The smallest absolute Gasteiger partial charge is 0.244 e. The number of nitrogens with zero attached hydrogens (tertiary/aromatic N) is 3. The molecular weight excluding hydrogens is 288 g/mol. The van der Waals surface area contributed by atoms with Crippen molar-refractivity contribution in [2.75, 3.05) is 31.6 Å². The van der Waals surface area contributed by atoms with Crippen LogP contribution in [0, 0.1) is 6.92 Å². The number of carbonyl (C=O) groups is 1. The summed E-state index contributed by atoms with van der Waals surface area (Å²) in [5.74, 6) is 0.811. The summed E-state index contributed by atoms with van der Waals surface area (Å²) in [7, 11) is 0. The van der Waals surface area contributed by atoms with Gasteiger partial charge in [0.15, 0.2) is 0 Å². The van der Waals surface area contributed by atoms with E-state index in [9.17, 15) is 4.79 Å². The third-order valence-corrected chi connectivity index (χ3v) is 4.67. The molecule has 7 heteroatoms. The number of ether oxygens (including phenoxy) is 1. The SMILES string of the molecule is Cc1csc2c(NC(C)C(=O)N3CCOCC3)ncnc12. The van der Waals surface area contributed by atoms with Gasteiger partial charge in [0, 0.05) is 13.1 Å². The molecule has 1 N–H and O–H groups in total. The van der Waals surface area contributed by atoms with Crippen LogP contribution < -0.4 is 5.32 Å². The lowest BCUT2D eigenvalue weighted by atomic mass is 10.2. The fraction of sp³-hybridized carbons (Fsp3) is 0.500. The molecule has 1 atom stereocenters. The van der Waals surface area contributed by atoms with Crippen molar-refractivity contribution in [3.63, 3.8) is 0 Å². The molecule has 21 heavy (non-hydrogen) atoms. The first-order valence-corrected chi connectivity index (χ1v) is 7.86. The lowest BCUT2D eigenvalue weighted by molar-refractivity contribution is -0.135. The van der Waals surface area contributed by atoms with Crippen molar-refractivity contribution < 1.29 is 9.53 Å². The van der Waals surface area contributed by atoms with Crippen LogP contribution in [0.4, 0.5) is 5.82 Å². The number of morpholine rings is 1. The van der Waals surface area contributed by atoms with Crippen LogP contribution in [0.2, 0.25) is 0 Å². The Kier molecular flexibility index (Phi) is 4.03. The number of carbonyl (C=O) groups excluding carboxylic acids is 1. The van der Waals surface area contributed by atoms with Gasteiger partial charge in [0.2, 0.25) is 5.91 Å². The van der Waals surface area contributed by atoms with Gasteiger partial charge in [-0.2, -0.15) is 0 Å². The van der Waals surface area contributed by atoms with Crippen LogP contribution in [0.3, 0.4) is 0 Å². The summed E-state index contributed by atoms with van der Waals surface area (Å²) in [5, 5.41) is 5.28. The molecule has 1 fully saturated rings. The minimum atomic E-state index is -0.316. The first kappa shape index (κ1) is 14.2. The summed E-state index contributed by atoms with van der Waals surface area (Å²) in [6.07, 6.45) is 1.54. The van der Waals surface area contributed by atoms with E-state index in [-0.39, 0.29) is 11.9 Å². The lowest BCUT2D eigenvalue weighted by Crippen LogP contribution is -2.47. The number of fused-ring (bicyclic) bond motifs is 1. The Morgan fingerprint density at radius 1 is 1.43 bits per heavy atom. The van der Waals surface area contributed by atoms with Gasteiger partial charge in [-0.05, 0) is 24.8 Å². The standard InChI is InChI=1S/C14H18N4O2S/c1-9-7-21-12-11(9)15-8-16-13(12)17-10(2)14(19)18-3-5-20-6-4-18/h7-8,10H,3-6H2,1-2H3,(H,15,16,17). The highest BCUT2D eigenvalue weighted by molar-refractivity contribution is 7.18. The van der Waals surface area contributed by atoms with E-state index in [4.69, 9.17) is 4.74 Å². The summed E-state index contributed by atoms with van der Waals surface area (Å²) in [5.41, 5.74) is 2.08. The molecule has 2 aromatic heterocycles. The molecule has 6 nitrogen and oxygen atoms in total. The fourth-order valence-electron chi connectivity index (χ4n) is 2.40. The first-order valence-electron chi connectivity index (χ1n) is 6.98. The molecule has 1 amide bonds. The number of rotatable bonds is 3. The summed E-state index contributed by atoms with van der Waals surface area (Å²) >= 11 is 1.60. The summed E-state index contributed by atoms with van der Waals surface area (Å²) < 4.78 is 6.27. The number of hydrogen-bond donors (Lipinski definition) is 1. The van der Waals surface area contributed by atoms with Crippen molar-refractivity contribution in [2.24, 2.45) is 0 Å². The predicted octanol–water partition coefficient (Wildman–Crippen LogP) is 1.66. The Labute approximate surface area is 127 Å². The lowest BCUT2D eigenvalue weighted by Gasteiger charge is -2.29. The molecular formula is C14H18N4O2S. The van der Waals surface area contributed by atoms with Crippen molar-refractivity contribution in [2.45, 2.75) is 19.9 Å². The minimum Gasteiger partial charge on any atom is -0.378 e. The second-order valence-corrected chi connectivity index (χ2v) is 6.00. The van der Waals surface area contributed by atoms with Crippen LogP contribution in [0.5, 0.6) is 0 Å². The number of nitrogens with one attached hydrogen (secondary N) is 1. The molecule has 1 unspecified atom stereocenters. The average molecular weight is 306 g/mol. The molecule has 1 aliphatic heterocycles. The number of hydrogen-bond acceptors (Lipinski definition) is 6. The molecule has 0 radical (unpaired) electrons. The molecule has 1 saturated heterocycles. The number of amides is 1. The summed E-state index contributed by atoms with van der Waals surface area (Å²) in [6, 6.07) is -0.316. The van der Waals surface area contributed by atoms with Crippen LogP contribution in [0.15, 0.2) is 11.7 Å². The molecule has 0 aromatic carbocycles. The number of aromatic nitrogens is 2. The van der Waals surface area contributed by atoms with Crippen LogP contribution in [0.25, 0.3) is 10.2 Å². The van der Waals surface area contributed by atoms with E-state index in [0.717, 1.165) is 21.6 Å². The fourth-order valence-corrected chi connectivity index (χ4v) is 3.35. The van der Waals surface area contributed by atoms with Crippen molar-refractivity contribution in [3.8, 4) is 0 Å². The van der Waals surface area contributed by atoms with E-state index in [2.05, 4.69) is 20.7 Å². The Balaban J connectivity index is 1.76. The van der Waals surface area contributed by atoms with Crippen LogP contribution >= 0.6 is 11.3 Å². The Bertz CT molecular complexity index is 651. The van der Waals surface area contributed by atoms with Crippen molar-refractivity contribution in [3.05, 3.63) is 17.3 Å². The number of anilines is 1. The predicted molar refractivity (Wildman–Crippen MR) is 82.6 cm³/mol. The zero-order valence-corrected chi connectivity index (χ0v) is 12.9. The van der Waals surface area contributed by atoms with Gasteiger partial charge in [0.05, 0.1) is 23.4 Å². The van der Waals surface area contributed by atoms with E-state index in [1.54, 1.807) is 11.3 Å². The highest BCUT2D eigenvalue weighted by atomic mass is 32.1. The molecule has 1 aliphatic rings. The van der Waals surface area contributed by atoms with E-state index < -0.39 is 0 Å². The van der Waals surface area contributed by atoms with E-state index in [0.29, 0.717) is 26.3 Å². The quantitative estimate of drug-likeness (QED) is 0.934. The van der Waals surface area contributed by atoms with E-state index in [1.807, 2.05) is 18.7 Å². The number of aryl methyl sites for hydroxylation is 1. The van der Waals surface area contributed by atoms with Gasteiger partial charge in [-0.1, -0.05) is 0 Å². The molecule has 0 bridgehead atoms. The van der Waals surface area contributed by atoms with Crippen molar-refractivity contribution in [1.82, 2.24) is 14.9 Å². The summed E-state index contributed by atoms with van der Waals surface area (Å²) in [4.78, 5) is 22.8. The maximum absolute atomic E-state index is 12.4. The van der Waals surface area contributed by atoms with Gasteiger partial charge in [0.1, 0.15) is 18.2 Å². The topological polar surface area (TPSA) is 67.4 Å². The van der Waals surface area contributed by atoms with Crippen molar-refractivity contribution >= 4 is 33.3 Å². The third-order valence-electron chi connectivity index (χ3n) is 3.58. The molecule has 112 valence electrons. The van der Waals surface area contributed by atoms with Gasteiger partial charge in [0.25, 0.3) is 0 Å². The Morgan fingerprint density at radius 3 is 2.95 bits per heavy atom. The minimum absolute atomic E-state index is 0.0818. The highest BCUT2D eigenvalue weighted by Crippen LogP contribution is 2.28. The maximum atomic E-state index is 12.4. The second-order valence-electron chi connectivity index (χ2n) is 5.12. The second kappa shape index (κ2) is 5.95. The Hall–Kier alpha value is -1.73. The highest BCUT2D eigenvalue weighted by Gasteiger charge is 2.23. The zero-order chi connectivity index (χ0) is 14.8. The van der Waals surface area contributed by atoms with Crippen LogP contribution in [-0.2, 0) is 9.53 Å². The molecule has 0 spiro atoms. The van der Waals surface area contributed by atoms with E-state index >= 15 is 0 Å².